The van der Waals surface area contributed by atoms with Gasteiger partial charge in [-0.05, 0) is 35.9 Å². The van der Waals surface area contributed by atoms with Crippen LogP contribution in [0.4, 0.5) is 0 Å². The van der Waals surface area contributed by atoms with Crippen molar-refractivity contribution in [3.8, 4) is 11.6 Å². The highest BCUT2D eigenvalue weighted by Gasteiger charge is 2.06. The van der Waals surface area contributed by atoms with Crippen molar-refractivity contribution in [2.45, 2.75) is 0 Å². The molecule has 1 aromatic carbocycles. The van der Waals surface area contributed by atoms with E-state index in [1.165, 1.54) is 6.07 Å². The molecule has 1 heterocycles. The van der Waals surface area contributed by atoms with Gasteiger partial charge in [-0.15, -0.1) is 0 Å². The second kappa shape index (κ2) is 5.57. The number of benzene rings is 1. The van der Waals surface area contributed by atoms with E-state index in [0.717, 1.165) is 0 Å². The number of rotatable bonds is 3. The Morgan fingerprint density at radius 3 is 2.39 bits per heavy atom. The number of hydrogen-bond donors (Lipinski definition) is 0. The summed E-state index contributed by atoms with van der Waals surface area (Å²) in [6, 6.07) is 9.46. The number of carbonyl (C=O) groups is 1. The molecular formula is C12H6Cl3NO2. The van der Waals surface area contributed by atoms with Gasteiger partial charge in [-0.1, -0.05) is 29.3 Å². The molecule has 3 nitrogen and oxygen atoms in total. The quantitative estimate of drug-likeness (QED) is 0.780. The Hall–Kier alpha value is -1.29. The Balaban J connectivity index is 2.28. The second-order valence-corrected chi connectivity index (χ2v) is 4.56. The fraction of sp³-hybridized carbons (Fsp3) is 0. The maximum absolute atomic E-state index is 11.0. The summed E-state index contributed by atoms with van der Waals surface area (Å²) in [6.45, 7) is 0. The number of hydrogen-bond acceptors (Lipinski definition) is 3. The molecule has 18 heavy (non-hydrogen) atoms. The fourth-order valence-corrected chi connectivity index (χ4v) is 1.90. The van der Waals surface area contributed by atoms with Crippen molar-refractivity contribution in [3.63, 3.8) is 0 Å². The number of nitrogens with zero attached hydrogens (tertiary/aromatic N) is 1. The van der Waals surface area contributed by atoms with Crippen molar-refractivity contribution in [1.29, 1.82) is 0 Å². The standard InChI is InChI=1S/C12H6Cl3NO2/c13-7-4-8(14)6-9(5-7)18-11-3-1-2-10(16-11)12(15)17/h1-6H. The van der Waals surface area contributed by atoms with Crippen LogP contribution in [0.1, 0.15) is 10.5 Å². The first-order valence-corrected chi connectivity index (χ1v) is 5.99. The molecule has 92 valence electrons. The van der Waals surface area contributed by atoms with Crippen molar-refractivity contribution in [2.75, 3.05) is 0 Å². The van der Waals surface area contributed by atoms with Crippen LogP contribution in [0.2, 0.25) is 10.0 Å². The first kappa shape index (κ1) is 13.1. The summed E-state index contributed by atoms with van der Waals surface area (Å²) >= 11 is 17.0. The van der Waals surface area contributed by atoms with Crippen LogP contribution in [-0.4, -0.2) is 10.2 Å². The van der Waals surface area contributed by atoms with Crippen LogP contribution in [0.25, 0.3) is 0 Å². The molecule has 6 heteroatoms. The Morgan fingerprint density at radius 1 is 1.11 bits per heavy atom. The Kier molecular flexibility index (Phi) is 4.07. The number of ether oxygens (including phenoxy) is 1. The third-order valence-electron chi connectivity index (χ3n) is 1.98. The molecule has 0 saturated heterocycles. The van der Waals surface area contributed by atoms with Gasteiger partial charge in [0, 0.05) is 16.1 Å². The zero-order chi connectivity index (χ0) is 13.1. The van der Waals surface area contributed by atoms with Crippen LogP contribution >= 0.6 is 34.8 Å². The van der Waals surface area contributed by atoms with Crippen molar-refractivity contribution in [3.05, 3.63) is 52.1 Å². The third-order valence-corrected chi connectivity index (χ3v) is 2.61. The summed E-state index contributed by atoms with van der Waals surface area (Å²) in [7, 11) is 0. The fourth-order valence-electron chi connectivity index (χ4n) is 1.29. The minimum absolute atomic E-state index is 0.113. The minimum atomic E-state index is -0.649. The molecule has 0 atom stereocenters. The van der Waals surface area contributed by atoms with E-state index < -0.39 is 5.24 Å². The van der Waals surface area contributed by atoms with E-state index in [1.54, 1.807) is 30.3 Å². The Labute approximate surface area is 118 Å². The first-order valence-electron chi connectivity index (χ1n) is 4.85. The average molecular weight is 303 g/mol. The number of carbonyl (C=O) groups excluding carboxylic acids is 1. The third kappa shape index (κ3) is 3.35. The summed E-state index contributed by atoms with van der Waals surface area (Å²) in [4.78, 5) is 14.9. The molecule has 0 radical (unpaired) electrons. The normalized spacial score (nSPS) is 10.2. The maximum Gasteiger partial charge on any atom is 0.270 e. The minimum Gasteiger partial charge on any atom is -0.439 e. The average Bonchev–Trinajstić information content (AvgIpc) is 2.27. The predicted molar refractivity (Wildman–Crippen MR) is 71.0 cm³/mol. The summed E-state index contributed by atoms with van der Waals surface area (Å²) in [5, 5.41) is 0.244. The van der Waals surface area contributed by atoms with E-state index in [0.29, 0.717) is 15.8 Å². The Bertz CT molecular complexity index is 581. The molecule has 0 aliphatic rings. The van der Waals surface area contributed by atoms with Crippen LogP contribution in [0, 0.1) is 0 Å². The van der Waals surface area contributed by atoms with Gasteiger partial charge < -0.3 is 4.74 Å². The molecule has 0 aliphatic carbocycles. The van der Waals surface area contributed by atoms with E-state index in [-0.39, 0.29) is 11.6 Å². The lowest BCUT2D eigenvalue weighted by molar-refractivity contribution is 0.107. The molecule has 2 aromatic rings. The van der Waals surface area contributed by atoms with E-state index in [4.69, 9.17) is 39.5 Å². The van der Waals surface area contributed by atoms with E-state index in [9.17, 15) is 4.79 Å². The molecule has 0 spiro atoms. The summed E-state index contributed by atoms with van der Waals surface area (Å²) < 4.78 is 5.44. The molecule has 0 unspecified atom stereocenters. The molecule has 0 fully saturated rings. The Morgan fingerprint density at radius 2 is 1.78 bits per heavy atom. The monoisotopic (exact) mass is 301 g/mol. The van der Waals surface area contributed by atoms with Gasteiger partial charge in [0.15, 0.2) is 0 Å². The van der Waals surface area contributed by atoms with Gasteiger partial charge in [-0.25, -0.2) is 4.98 Å². The summed E-state index contributed by atoms with van der Waals surface area (Å²) in [5.74, 6) is 0.666. The first-order chi connectivity index (χ1) is 8.54. The maximum atomic E-state index is 11.0. The smallest absolute Gasteiger partial charge is 0.270 e. The number of pyridine rings is 1. The predicted octanol–water partition coefficient (Wildman–Crippen LogP) is 4.56. The highest BCUT2D eigenvalue weighted by atomic mass is 35.5. The van der Waals surface area contributed by atoms with Gasteiger partial charge in [0.1, 0.15) is 11.4 Å². The van der Waals surface area contributed by atoms with Gasteiger partial charge in [0.25, 0.3) is 5.24 Å². The lowest BCUT2D eigenvalue weighted by Gasteiger charge is -2.06. The van der Waals surface area contributed by atoms with E-state index >= 15 is 0 Å². The molecule has 0 saturated carbocycles. The molecule has 2 rings (SSSR count). The van der Waals surface area contributed by atoms with Crippen molar-refractivity contribution in [1.82, 2.24) is 4.98 Å². The second-order valence-electron chi connectivity index (χ2n) is 3.34. The van der Waals surface area contributed by atoms with Gasteiger partial charge in [-0.2, -0.15) is 0 Å². The van der Waals surface area contributed by atoms with Crippen molar-refractivity contribution in [2.24, 2.45) is 0 Å². The number of aromatic nitrogens is 1. The van der Waals surface area contributed by atoms with E-state index in [1.807, 2.05) is 0 Å². The van der Waals surface area contributed by atoms with Gasteiger partial charge in [0.2, 0.25) is 5.88 Å². The van der Waals surface area contributed by atoms with Gasteiger partial charge in [0.05, 0.1) is 0 Å². The number of halogens is 3. The van der Waals surface area contributed by atoms with Gasteiger partial charge in [-0.3, -0.25) is 4.79 Å². The lowest BCUT2D eigenvalue weighted by Crippen LogP contribution is -1.96. The topological polar surface area (TPSA) is 39.2 Å². The van der Waals surface area contributed by atoms with Crippen LogP contribution in [0.15, 0.2) is 36.4 Å². The van der Waals surface area contributed by atoms with Crippen LogP contribution in [0.5, 0.6) is 11.6 Å². The zero-order valence-corrected chi connectivity index (χ0v) is 11.1. The SMILES string of the molecule is O=C(Cl)c1cccc(Oc2cc(Cl)cc(Cl)c2)n1. The molecular weight excluding hydrogens is 296 g/mol. The van der Waals surface area contributed by atoms with Crippen LogP contribution in [-0.2, 0) is 0 Å². The highest BCUT2D eigenvalue weighted by molar-refractivity contribution is 6.67. The molecule has 0 aliphatic heterocycles. The summed E-state index contributed by atoms with van der Waals surface area (Å²) in [6.07, 6.45) is 0. The van der Waals surface area contributed by atoms with Crippen molar-refractivity contribution < 1.29 is 9.53 Å². The summed E-state index contributed by atoms with van der Waals surface area (Å²) in [5.41, 5.74) is 0.113. The zero-order valence-electron chi connectivity index (χ0n) is 8.86. The lowest BCUT2D eigenvalue weighted by atomic mass is 10.3. The molecule has 0 N–H and O–H groups in total. The molecule has 1 aromatic heterocycles. The van der Waals surface area contributed by atoms with E-state index in [2.05, 4.69) is 4.98 Å². The molecule has 0 bridgehead atoms. The van der Waals surface area contributed by atoms with Crippen molar-refractivity contribution >= 4 is 40.0 Å². The molecule has 0 amide bonds. The van der Waals surface area contributed by atoms with Gasteiger partial charge >= 0.3 is 0 Å². The van der Waals surface area contributed by atoms with Crippen LogP contribution in [0.3, 0.4) is 0 Å². The highest BCUT2D eigenvalue weighted by Crippen LogP contribution is 2.27. The van der Waals surface area contributed by atoms with Crippen LogP contribution < -0.4 is 4.74 Å². The largest absolute Gasteiger partial charge is 0.439 e.